The van der Waals surface area contributed by atoms with E-state index in [1.54, 1.807) is 48.5 Å². The average molecular weight is 584 g/mol. The van der Waals surface area contributed by atoms with Crippen molar-refractivity contribution < 1.29 is 18.0 Å². The molecule has 1 aliphatic rings. The number of rotatable bonds is 11. The standard InChI is InChI=1S/C27H36Cl2N4O4S/c1-4-25(27(35)30-22-11-7-5-8-12-22)32(18-20-15-16-21(28)17-24(20)29)26(34)19-33(38(36,37)31(2)3)23-13-9-6-10-14-23/h6,9-10,13-17,22,25H,4-5,7-8,11-12,18-19H2,1-3H3,(H,30,35)/t25-/m1/s1. The summed E-state index contributed by atoms with van der Waals surface area (Å²) in [6, 6.07) is 12.6. The molecule has 8 nitrogen and oxygen atoms in total. The number of carbonyl (C=O) groups is 2. The van der Waals surface area contributed by atoms with Crippen LogP contribution in [0.3, 0.4) is 0 Å². The highest BCUT2D eigenvalue weighted by molar-refractivity contribution is 7.90. The maximum absolute atomic E-state index is 13.9. The predicted molar refractivity (Wildman–Crippen MR) is 153 cm³/mol. The van der Waals surface area contributed by atoms with Crippen molar-refractivity contribution in [3.63, 3.8) is 0 Å². The summed E-state index contributed by atoms with van der Waals surface area (Å²) in [5, 5.41) is 3.93. The van der Waals surface area contributed by atoms with Gasteiger partial charge in [0, 0.05) is 36.7 Å². The third-order valence-corrected chi connectivity index (χ3v) is 9.16. The molecule has 1 atom stereocenters. The molecule has 1 saturated carbocycles. The van der Waals surface area contributed by atoms with Crippen LogP contribution in [0.25, 0.3) is 0 Å². The maximum Gasteiger partial charge on any atom is 0.304 e. The minimum Gasteiger partial charge on any atom is -0.352 e. The van der Waals surface area contributed by atoms with Gasteiger partial charge in [0.2, 0.25) is 11.8 Å². The second kappa shape index (κ2) is 13.6. The summed E-state index contributed by atoms with van der Waals surface area (Å²) in [6.07, 6.45) is 5.42. The lowest BCUT2D eigenvalue weighted by atomic mass is 9.95. The Morgan fingerprint density at radius 1 is 1.03 bits per heavy atom. The number of benzene rings is 2. The first-order valence-electron chi connectivity index (χ1n) is 12.8. The second-order valence-corrected chi connectivity index (χ2v) is 12.6. The molecule has 208 valence electrons. The van der Waals surface area contributed by atoms with Gasteiger partial charge in [0.25, 0.3) is 0 Å². The van der Waals surface area contributed by atoms with Crippen LogP contribution in [-0.2, 0) is 26.3 Å². The van der Waals surface area contributed by atoms with Crippen LogP contribution in [0.5, 0.6) is 0 Å². The number of anilines is 1. The zero-order valence-electron chi connectivity index (χ0n) is 22.1. The van der Waals surface area contributed by atoms with Gasteiger partial charge in [0.1, 0.15) is 12.6 Å². The van der Waals surface area contributed by atoms with Crippen molar-refractivity contribution in [3.8, 4) is 0 Å². The van der Waals surface area contributed by atoms with Crippen LogP contribution < -0.4 is 9.62 Å². The molecule has 1 aliphatic carbocycles. The minimum absolute atomic E-state index is 0.0239. The third kappa shape index (κ3) is 7.62. The topological polar surface area (TPSA) is 90.0 Å². The van der Waals surface area contributed by atoms with Crippen LogP contribution in [0.4, 0.5) is 5.69 Å². The maximum atomic E-state index is 13.9. The van der Waals surface area contributed by atoms with Crippen molar-refractivity contribution in [1.29, 1.82) is 0 Å². The first-order valence-corrected chi connectivity index (χ1v) is 15.0. The van der Waals surface area contributed by atoms with E-state index in [4.69, 9.17) is 23.2 Å². The van der Waals surface area contributed by atoms with Gasteiger partial charge in [0.15, 0.2) is 0 Å². The van der Waals surface area contributed by atoms with Gasteiger partial charge in [-0.1, -0.05) is 73.7 Å². The van der Waals surface area contributed by atoms with E-state index in [1.807, 2.05) is 6.92 Å². The van der Waals surface area contributed by atoms with Gasteiger partial charge in [-0.15, -0.1) is 0 Å². The van der Waals surface area contributed by atoms with Crippen LogP contribution >= 0.6 is 23.2 Å². The molecule has 0 unspecified atom stereocenters. The summed E-state index contributed by atoms with van der Waals surface area (Å²) in [5.41, 5.74) is 0.953. The third-order valence-electron chi connectivity index (χ3n) is 6.76. The highest BCUT2D eigenvalue weighted by Crippen LogP contribution is 2.26. The zero-order chi connectivity index (χ0) is 27.9. The van der Waals surface area contributed by atoms with E-state index in [9.17, 15) is 18.0 Å². The lowest BCUT2D eigenvalue weighted by Gasteiger charge is -2.35. The van der Waals surface area contributed by atoms with E-state index in [-0.39, 0.29) is 18.5 Å². The second-order valence-electron chi connectivity index (χ2n) is 9.66. The molecule has 0 bridgehead atoms. The number of amides is 2. The van der Waals surface area contributed by atoms with E-state index < -0.39 is 28.7 Å². The molecular formula is C27H36Cl2N4O4S. The van der Waals surface area contributed by atoms with Gasteiger partial charge in [0.05, 0.1) is 5.69 Å². The molecule has 0 aromatic heterocycles. The molecule has 0 spiro atoms. The number of halogens is 2. The molecule has 0 heterocycles. The highest BCUT2D eigenvalue weighted by atomic mass is 35.5. The van der Waals surface area contributed by atoms with Crippen LogP contribution in [0, 0.1) is 0 Å². The van der Waals surface area contributed by atoms with E-state index in [1.165, 1.54) is 19.0 Å². The summed E-state index contributed by atoms with van der Waals surface area (Å²) in [5.74, 6) is -0.768. The lowest BCUT2D eigenvalue weighted by molar-refractivity contribution is -0.140. The quantitative estimate of drug-likeness (QED) is 0.409. The van der Waals surface area contributed by atoms with Crippen LogP contribution in [0.2, 0.25) is 10.0 Å². The zero-order valence-corrected chi connectivity index (χ0v) is 24.4. The Morgan fingerprint density at radius 3 is 2.26 bits per heavy atom. The van der Waals surface area contributed by atoms with Crippen molar-refractivity contribution >= 4 is 50.9 Å². The Kier molecular flexibility index (Phi) is 10.8. The number of para-hydroxylation sites is 1. The van der Waals surface area contributed by atoms with Crippen molar-refractivity contribution in [2.24, 2.45) is 0 Å². The van der Waals surface area contributed by atoms with Crippen LogP contribution in [-0.4, -0.2) is 62.2 Å². The van der Waals surface area contributed by atoms with Gasteiger partial charge in [-0.3, -0.25) is 9.59 Å². The molecule has 3 rings (SSSR count). The number of carbonyl (C=O) groups excluding carboxylic acids is 2. The number of hydrogen-bond acceptors (Lipinski definition) is 4. The van der Waals surface area contributed by atoms with E-state index in [0.717, 1.165) is 40.7 Å². The summed E-state index contributed by atoms with van der Waals surface area (Å²) in [4.78, 5) is 28.8. The number of hydrogen-bond donors (Lipinski definition) is 1. The summed E-state index contributed by atoms with van der Waals surface area (Å²) < 4.78 is 28.6. The fraction of sp³-hybridized carbons (Fsp3) is 0.481. The largest absolute Gasteiger partial charge is 0.352 e. The molecule has 1 N–H and O–H groups in total. The van der Waals surface area contributed by atoms with Crippen LogP contribution in [0.1, 0.15) is 51.0 Å². The smallest absolute Gasteiger partial charge is 0.304 e. The Balaban J connectivity index is 1.96. The van der Waals surface area contributed by atoms with Gasteiger partial charge in [-0.25, -0.2) is 4.31 Å². The molecule has 0 radical (unpaired) electrons. The van der Waals surface area contributed by atoms with Crippen molar-refractivity contribution in [3.05, 3.63) is 64.1 Å². The van der Waals surface area contributed by atoms with E-state index in [2.05, 4.69) is 5.32 Å². The van der Waals surface area contributed by atoms with Crippen LogP contribution in [0.15, 0.2) is 48.5 Å². The number of nitrogens with zero attached hydrogens (tertiary/aromatic N) is 3. The fourth-order valence-corrected chi connectivity index (χ4v) is 6.13. The Morgan fingerprint density at radius 2 is 1.68 bits per heavy atom. The predicted octanol–water partition coefficient (Wildman–Crippen LogP) is 4.86. The van der Waals surface area contributed by atoms with Crippen molar-refractivity contribution in [2.45, 2.75) is 64.1 Å². The average Bonchev–Trinajstić information content (AvgIpc) is 2.89. The van der Waals surface area contributed by atoms with Crippen molar-refractivity contribution in [2.75, 3.05) is 24.9 Å². The Bertz CT molecular complexity index is 1200. The first-order chi connectivity index (χ1) is 18.0. The Hall–Kier alpha value is -2.33. The molecule has 2 aromatic rings. The number of nitrogens with one attached hydrogen (secondary N) is 1. The van der Waals surface area contributed by atoms with E-state index >= 15 is 0 Å². The van der Waals surface area contributed by atoms with Gasteiger partial charge in [-0.05, 0) is 49.1 Å². The van der Waals surface area contributed by atoms with E-state index in [0.29, 0.717) is 27.7 Å². The highest BCUT2D eigenvalue weighted by Gasteiger charge is 2.34. The normalized spacial score (nSPS) is 15.2. The molecule has 38 heavy (non-hydrogen) atoms. The molecule has 1 fully saturated rings. The van der Waals surface area contributed by atoms with Gasteiger partial charge < -0.3 is 10.2 Å². The summed E-state index contributed by atoms with van der Waals surface area (Å²) in [7, 11) is -1.19. The lowest BCUT2D eigenvalue weighted by Crippen LogP contribution is -2.54. The van der Waals surface area contributed by atoms with Crippen molar-refractivity contribution in [1.82, 2.24) is 14.5 Å². The fourth-order valence-electron chi connectivity index (χ4n) is 4.61. The molecule has 0 aliphatic heterocycles. The molecule has 2 amide bonds. The molecule has 0 saturated heterocycles. The van der Waals surface area contributed by atoms with Gasteiger partial charge >= 0.3 is 10.2 Å². The first kappa shape index (κ1) is 30.2. The molecular weight excluding hydrogens is 547 g/mol. The monoisotopic (exact) mass is 582 g/mol. The minimum atomic E-state index is -4.01. The van der Waals surface area contributed by atoms with Gasteiger partial charge in [-0.2, -0.15) is 12.7 Å². The summed E-state index contributed by atoms with van der Waals surface area (Å²) in [6.45, 7) is 1.37. The summed E-state index contributed by atoms with van der Waals surface area (Å²) >= 11 is 12.5. The molecule has 11 heteroatoms. The molecule has 2 aromatic carbocycles. The Labute approximate surface area is 236 Å². The SMILES string of the molecule is CC[C@H](C(=O)NC1CCCCC1)N(Cc1ccc(Cl)cc1Cl)C(=O)CN(c1ccccc1)S(=O)(=O)N(C)C.